The van der Waals surface area contributed by atoms with Crippen molar-refractivity contribution in [3.8, 4) is 5.88 Å². The third kappa shape index (κ3) is 4.06. The summed E-state index contributed by atoms with van der Waals surface area (Å²) in [5.41, 5.74) is 0.916. The summed E-state index contributed by atoms with van der Waals surface area (Å²) in [5.74, 6) is 1.82. The summed E-state index contributed by atoms with van der Waals surface area (Å²) in [4.78, 5) is 8.76. The number of hydrogen-bond donors (Lipinski definition) is 1. The van der Waals surface area contributed by atoms with Crippen LogP contribution >= 0.6 is 0 Å². The van der Waals surface area contributed by atoms with Crippen molar-refractivity contribution < 1.29 is 9.47 Å². The van der Waals surface area contributed by atoms with E-state index in [1.807, 2.05) is 13.0 Å². The van der Waals surface area contributed by atoms with E-state index >= 15 is 0 Å². The molecule has 2 unspecified atom stereocenters. The van der Waals surface area contributed by atoms with Crippen LogP contribution in [0.2, 0.25) is 0 Å². The predicted molar refractivity (Wildman–Crippen MR) is 74.6 cm³/mol. The van der Waals surface area contributed by atoms with Gasteiger partial charge < -0.3 is 14.8 Å². The Hall–Kier alpha value is -1.36. The lowest BCUT2D eigenvalue weighted by Crippen LogP contribution is -2.21. The van der Waals surface area contributed by atoms with Crippen LogP contribution in [0.4, 0.5) is 5.95 Å². The molecule has 106 valence electrons. The smallest absolute Gasteiger partial charge is 0.226 e. The molecule has 19 heavy (non-hydrogen) atoms. The molecule has 0 saturated carbocycles. The van der Waals surface area contributed by atoms with Crippen LogP contribution in [0.25, 0.3) is 0 Å². The molecule has 5 nitrogen and oxygen atoms in total. The van der Waals surface area contributed by atoms with Crippen LogP contribution in [0.15, 0.2) is 6.07 Å². The summed E-state index contributed by atoms with van der Waals surface area (Å²) in [6.45, 7) is 8.53. The van der Waals surface area contributed by atoms with Crippen molar-refractivity contribution >= 4 is 5.95 Å². The molecular weight excluding hydrogens is 242 g/mol. The van der Waals surface area contributed by atoms with Gasteiger partial charge in [-0.25, -0.2) is 4.98 Å². The molecule has 0 radical (unpaired) electrons. The fourth-order valence-electron chi connectivity index (χ4n) is 2.17. The van der Waals surface area contributed by atoms with Gasteiger partial charge in [-0.05, 0) is 26.7 Å². The Kier molecular flexibility index (Phi) is 4.96. The molecule has 0 bridgehead atoms. The summed E-state index contributed by atoms with van der Waals surface area (Å²) in [5, 5.41) is 3.29. The SMILES string of the molecule is CCCOc1cc(C)nc(NCC2CCOC2C)n1. The van der Waals surface area contributed by atoms with E-state index in [0.717, 1.165) is 31.7 Å². The van der Waals surface area contributed by atoms with Gasteiger partial charge in [0, 0.05) is 30.8 Å². The van der Waals surface area contributed by atoms with Gasteiger partial charge in [0.15, 0.2) is 0 Å². The zero-order valence-corrected chi connectivity index (χ0v) is 12.0. The van der Waals surface area contributed by atoms with Gasteiger partial charge in [-0.2, -0.15) is 4.98 Å². The Labute approximate surface area is 114 Å². The number of ether oxygens (including phenoxy) is 2. The molecular formula is C14H23N3O2. The number of nitrogens with zero attached hydrogens (tertiary/aromatic N) is 2. The van der Waals surface area contributed by atoms with E-state index in [-0.39, 0.29) is 0 Å². The molecule has 1 fully saturated rings. The third-order valence-electron chi connectivity index (χ3n) is 3.34. The van der Waals surface area contributed by atoms with Crippen LogP contribution in [-0.4, -0.2) is 35.8 Å². The molecule has 0 spiro atoms. The highest BCUT2D eigenvalue weighted by Crippen LogP contribution is 2.21. The van der Waals surface area contributed by atoms with E-state index in [1.54, 1.807) is 0 Å². The molecule has 1 aromatic heterocycles. The molecule has 1 N–H and O–H groups in total. The summed E-state index contributed by atoms with van der Waals surface area (Å²) >= 11 is 0. The first kappa shape index (κ1) is 14.1. The second kappa shape index (κ2) is 6.70. The van der Waals surface area contributed by atoms with Crippen molar-refractivity contribution in [2.75, 3.05) is 25.1 Å². The van der Waals surface area contributed by atoms with Crippen LogP contribution < -0.4 is 10.1 Å². The number of aromatic nitrogens is 2. The van der Waals surface area contributed by atoms with E-state index in [2.05, 4.69) is 29.1 Å². The molecule has 0 amide bonds. The van der Waals surface area contributed by atoms with Crippen LogP contribution in [0.3, 0.4) is 0 Å². The number of rotatable bonds is 6. The minimum Gasteiger partial charge on any atom is -0.478 e. The van der Waals surface area contributed by atoms with Gasteiger partial charge >= 0.3 is 0 Å². The van der Waals surface area contributed by atoms with Gasteiger partial charge in [-0.15, -0.1) is 0 Å². The zero-order chi connectivity index (χ0) is 13.7. The van der Waals surface area contributed by atoms with Gasteiger partial charge in [-0.1, -0.05) is 6.92 Å². The van der Waals surface area contributed by atoms with E-state index in [0.29, 0.717) is 30.5 Å². The van der Waals surface area contributed by atoms with Crippen molar-refractivity contribution in [3.05, 3.63) is 11.8 Å². The Balaban J connectivity index is 1.93. The van der Waals surface area contributed by atoms with E-state index in [9.17, 15) is 0 Å². The van der Waals surface area contributed by atoms with Crippen LogP contribution in [-0.2, 0) is 4.74 Å². The van der Waals surface area contributed by atoms with Crippen molar-refractivity contribution in [3.63, 3.8) is 0 Å². The maximum Gasteiger partial charge on any atom is 0.226 e. The van der Waals surface area contributed by atoms with E-state index in [1.165, 1.54) is 0 Å². The normalized spacial score (nSPS) is 22.5. The third-order valence-corrected chi connectivity index (χ3v) is 3.34. The average molecular weight is 265 g/mol. The highest BCUT2D eigenvalue weighted by molar-refractivity contribution is 5.30. The molecule has 0 aliphatic carbocycles. The largest absolute Gasteiger partial charge is 0.478 e. The average Bonchev–Trinajstić information content (AvgIpc) is 2.79. The summed E-state index contributed by atoms with van der Waals surface area (Å²) < 4.78 is 11.1. The molecule has 2 atom stereocenters. The Morgan fingerprint density at radius 3 is 3.00 bits per heavy atom. The quantitative estimate of drug-likeness (QED) is 0.856. The van der Waals surface area contributed by atoms with Gasteiger partial charge in [0.25, 0.3) is 0 Å². The van der Waals surface area contributed by atoms with Crippen molar-refractivity contribution in [2.24, 2.45) is 5.92 Å². The molecule has 1 aliphatic rings. The molecule has 2 heterocycles. The molecule has 1 aliphatic heterocycles. The van der Waals surface area contributed by atoms with Crippen LogP contribution in [0.5, 0.6) is 5.88 Å². The number of aryl methyl sites for hydroxylation is 1. The first-order valence-electron chi connectivity index (χ1n) is 7.03. The van der Waals surface area contributed by atoms with Crippen LogP contribution in [0, 0.1) is 12.8 Å². The summed E-state index contributed by atoms with van der Waals surface area (Å²) in [6, 6.07) is 1.86. The summed E-state index contributed by atoms with van der Waals surface area (Å²) in [7, 11) is 0. The Morgan fingerprint density at radius 2 is 2.32 bits per heavy atom. The van der Waals surface area contributed by atoms with Gasteiger partial charge in [0.2, 0.25) is 11.8 Å². The highest BCUT2D eigenvalue weighted by atomic mass is 16.5. The van der Waals surface area contributed by atoms with Gasteiger partial charge in [0.1, 0.15) is 0 Å². The molecule has 5 heteroatoms. The maximum absolute atomic E-state index is 5.55. The fraction of sp³-hybridized carbons (Fsp3) is 0.714. The minimum atomic E-state index is 0.313. The maximum atomic E-state index is 5.55. The number of nitrogens with one attached hydrogen (secondary N) is 1. The fourth-order valence-corrected chi connectivity index (χ4v) is 2.17. The lowest BCUT2D eigenvalue weighted by atomic mass is 10.0. The molecule has 1 saturated heterocycles. The van der Waals surface area contributed by atoms with Gasteiger partial charge in [-0.3, -0.25) is 0 Å². The predicted octanol–water partition coefficient (Wildman–Crippen LogP) is 2.41. The van der Waals surface area contributed by atoms with E-state index < -0.39 is 0 Å². The summed E-state index contributed by atoms with van der Waals surface area (Å²) in [6.07, 6.45) is 2.38. The van der Waals surface area contributed by atoms with Crippen molar-refractivity contribution in [2.45, 2.75) is 39.7 Å². The lowest BCUT2D eigenvalue weighted by molar-refractivity contribution is 0.108. The Bertz CT molecular complexity index is 412. The second-order valence-corrected chi connectivity index (χ2v) is 5.03. The lowest BCUT2D eigenvalue weighted by Gasteiger charge is -2.15. The number of hydrogen-bond acceptors (Lipinski definition) is 5. The zero-order valence-electron chi connectivity index (χ0n) is 12.0. The van der Waals surface area contributed by atoms with Crippen molar-refractivity contribution in [1.29, 1.82) is 0 Å². The number of anilines is 1. The first-order valence-corrected chi connectivity index (χ1v) is 7.03. The highest BCUT2D eigenvalue weighted by Gasteiger charge is 2.24. The standard InChI is InChI=1S/C14H23N3O2/c1-4-6-19-13-8-10(2)16-14(17-13)15-9-12-5-7-18-11(12)3/h8,11-12H,4-7,9H2,1-3H3,(H,15,16,17). The molecule has 0 aromatic carbocycles. The van der Waals surface area contributed by atoms with E-state index in [4.69, 9.17) is 9.47 Å². The van der Waals surface area contributed by atoms with Crippen LogP contribution in [0.1, 0.15) is 32.4 Å². The molecule has 2 rings (SSSR count). The van der Waals surface area contributed by atoms with Gasteiger partial charge in [0.05, 0.1) is 12.7 Å². The first-order chi connectivity index (χ1) is 9.19. The topological polar surface area (TPSA) is 56.3 Å². The monoisotopic (exact) mass is 265 g/mol. The second-order valence-electron chi connectivity index (χ2n) is 5.03. The molecule has 1 aromatic rings. The van der Waals surface area contributed by atoms with Crippen molar-refractivity contribution in [1.82, 2.24) is 9.97 Å². The Morgan fingerprint density at radius 1 is 1.47 bits per heavy atom. The minimum absolute atomic E-state index is 0.313.